The summed E-state index contributed by atoms with van der Waals surface area (Å²) in [6.45, 7) is 21.7. The number of carbonyl (C=O) groups excluding carboxylic acids is 2. The topological polar surface area (TPSA) is 186 Å². The minimum Gasteiger partial charge on any atom is -0.497 e. The van der Waals surface area contributed by atoms with Gasteiger partial charge in [-0.1, -0.05) is 35.9 Å². The lowest BCUT2D eigenvalue weighted by Gasteiger charge is -2.26. The smallest absolute Gasteiger partial charge is 0.225 e. The molecular weight excluding hydrogens is 996 g/mol. The minimum atomic E-state index is -0.433. The second-order valence-corrected chi connectivity index (χ2v) is 22.6. The van der Waals surface area contributed by atoms with E-state index in [1.165, 1.54) is 0 Å². The molecular formula is C58H73ClN12O6. The quantitative estimate of drug-likeness (QED) is 0.114. The van der Waals surface area contributed by atoms with Gasteiger partial charge in [0.1, 0.15) is 22.8 Å². The lowest BCUT2D eigenvalue weighted by molar-refractivity contribution is -0.130. The Kier molecular flexibility index (Phi) is 16.5. The predicted molar refractivity (Wildman–Crippen MR) is 299 cm³/mol. The number of aromatic nitrogens is 10. The molecule has 408 valence electrons. The molecule has 1 N–H and O–H groups in total. The third-order valence-corrected chi connectivity index (χ3v) is 14.7. The Labute approximate surface area is 455 Å². The van der Waals surface area contributed by atoms with Gasteiger partial charge in [0.2, 0.25) is 17.7 Å². The van der Waals surface area contributed by atoms with Crippen molar-refractivity contribution >= 4 is 45.2 Å². The van der Waals surface area contributed by atoms with Crippen LogP contribution in [0.2, 0.25) is 5.15 Å². The second kappa shape index (κ2) is 22.7. The molecule has 0 saturated carbocycles. The number of ether oxygens (including phenoxy) is 3. The summed E-state index contributed by atoms with van der Waals surface area (Å²) in [6.07, 6.45) is 11.6. The molecule has 0 spiro atoms. The molecule has 2 aliphatic heterocycles. The summed E-state index contributed by atoms with van der Waals surface area (Å²) in [6, 6.07) is 19.5. The van der Waals surface area contributed by atoms with E-state index < -0.39 is 6.10 Å². The Morgan fingerprint density at radius 1 is 0.623 bits per heavy atom. The fraction of sp³-hybridized carbons (Fsp3) is 0.448. The van der Waals surface area contributed by atoms with Crippen molar-refractivity contribution < 1.29 is 28.9 Å². The zero-order valence-corrected chi connectivity index (χ0v) is 47.5. The molecule has 2 saturated heterocycles. The molecule has 2 fully saturated rings. The van der Waals surface area contributed by atoms with Crippen LogP contribution < -0.4 is 14.2 Å². The molecule has 2 aliphatic rings. The number of hydrogen-bond acceptors (Lipinski definition) is 12. The number of likely N-dealkylation sites (tertiary alicyclic amines) is 2. The van der Waals surface area contributed by atoms with Crippen LogP contribution in [0.4, 0.5) is 0 Å². The summed E-state index contributed by atoms with van der Waals surface area (Å²) < 4.78 is 24.2. The van der Waals surface area contributed by atoms with Gasteiger partial charge < -0.3 is 29.1 Å². The summed E-state index contributed by atoms with van der Waals surface area (Å²) in [5.74, 6) is 2.49. The molecule has 2 aromatic carbocycles. The standard InChI is InChI=1S/C29H36N6O3.C15H21NO3.C14H16ClN5/c1-18(20-8-10-23(37-7)11-9-20)34-15-21(12-27(34)36)19(2)38-28-24-17-33(6)32-26(24)13-25(31-28)22-14-30-35(16-22)29(3,4)5;1-10(12-4-6-14(19-3)7-5-12)16-9-13(11(2)17)8-15(16)18;1-14(2,3)20-7-9(6-16-20)11-5-12-10(13(15)17-11)8-19(4)18-12/h8-11,13-14,16-19,21H,12,15H2,1-7H3;4-7,10-11,13,17H,8-9H2,1-3H3;5-8H,1-4H3/t18-,19+,21+;10-,11+,13+;/m00./s1. The van der Waals surface area contributed by atoms with E-state index in [1.54, 1.807) is 36.7 Å². The number of pyridine rings is 2. The number of halogens is 1. The number of fused-ring (bicyclic) bond motifs is 2. The second-order valence-electron chi connectivity index (χ2n) is 22.3. The van der Waals surface area contributed by atoms with Crippen molar-refractivity contribution in [3.8, 4) is 39.9 Å². The van der Waals surface area contributed by atoms with Crippen molar-refractivity contribution in [1.82, 2.24) is 58.9 Å². The van der Waals surface area contributed by atoms with Crippen molar-refractivity contribution in [2.45, 2.75) is 117 Å². The van der Waals surface area contributed by atoms with Gasteiger partial charge >= 0.3 is 0 Å². The van der Waals surface area contributed by atoms with Crippen LogP contribution >= 0.6 is 11.6 Å². The maximum absolute atomic E-state index is 13.0. The summed E-state index contributed by atoms with van der Waals surface area (Å²) >= 11 is 6.23. The monoisotopic (exact) mass is 1070 g/mol. The molecule has 18 nitrogen and oxygen atoms in total. The van der Waals surface area contributed by atoms with E-state index in [0.29, 0.717) is 37.0 Å². The van der Waals surface area contributed by atoms with Gasteiger partial charge in [0.25, 0.3) is 0 Å². The number of nitrogens with zero attached hydrogens (tertiary/aromatic N) is 12. The number of hydrogen-bond donors (Lipinski definition) is 1. The maximum Gasteiger partial charge on any atom is 0.225 e. The first kappa shape index (κ1) is 55.9. The Morgan fingerprint density at radius 3 is 1.48 bits per heavy atom. The highest BCUT2D eigenvalue weighted by Gasteiger charge is 2.38. The van der Waals surface area contributed by atoms with Gasteiger partial charge in [0.15, 0.2) is 0 Å². The molecule has 2 amide bonds. The van der Waals surface area contributed by atoms with Crippen LogP contribution in [-0.2, 0) is 34.8 Å². The Balaban J connectivity index is 0.000000169. The summed E-state index contributed by atoms with van der Waals surface area (Å²) in [4.78, 5) is 38.2. The number of aliphatic hydroxyl groups is 1. The van der Waals surface area contributed by atoms with Gasteiger partial charge in [-0.15, -0.1) is 0 Å². The van der Waals surface area contributed by atoms with Crippen molar-refractivity contribution in [2.75, 3.05) is 27.3 Å². The van der Waals surface area contributed by atoms with E-state index >= 15 is 0 Å². The fourth-order valence-electron chi connectivity index (χ4n) is 9.54. The average molecular weight is 1070 g/mol. The van der Waals surface area contributed by atoms with Crippen molar-refractivity contribution in [2.24, 2.45) is 25.9 Å². The van der Waals surface area contributed by atoms with Gasteiger partial charge in [-0.2, -0.15) is 20.4 Å². The molecule has 0 bridgehead atoms. The van der Waals surface area contributed by atoms with Crippen molar-refractivity contribution in [3.05, 3.63) is 114 Å². The number of amides is 2. The lowest BCUT2D eigenvalue weighted by atomic mass is 10.0. The molecule has 8 heterocycles. The number of methoxy groups -OCH3 is 2. The first-order valence-electron chi connectivity index (χ1n) is 26.1. The summed E-state index contributed by atoms with van der Waals surface area (Å²) in [5.41, 5.74) is 7.00. The minimum absolute atomic E-state index is 0.0298. The highest BCUT2D eigenvalue weighted by molar-refractivity contribution is 6.34. The van der Waals surface area contributed by atoms with Crippen molar-refractivity contribution in [3.63, 3.8) is 0 Å². The van der Waals surface area contributed by atoms with Gasteiger partial charge in [-0.3, -0.25) is 28.3 Å². The van der Waals surface area contributed by atoms with Crippen LogP contribution in [0.15, 0.2) is 97.8 Å². The van der Waals surface area contributed by atoms with E-state index in [0.717, 1.165) is 66.9 Å². The fourth-order valence-corrected chi connectivity index (χ4v) is 9.78. The lowest BCUT2D eigenvalue weighted by Crippen LogP contribution is -2.31. The average Bonchev–Trinajstić information content (AvgIpc) is 4.27. The van der Waals surface area contributed by atoms with Crippen molar-refractivity contribution in [1.29, 1.82) is 0 Å². The highest BCUT2D eigenvalue weighted by atomic mass is 35.5. The molecule has 0 unspecified atom stereocenters. The number of rotatable bonds is 12. The molecule has 0 radical (unpaired) electrons. The van der Waals surface area contributed by atoms with E-state index in [1.807, 2.05) is 139 Å². The first-order valence-corrected chi connectivity index (χ1v) is 26.4. The van der Waals surface area contributed by atoms with Crippen LogP contribution in [0.1, 0.15) is 105 Å². The molecule has 8 aromatic rings. The number of carbonyl (C=O) groups is 2. The Hall–Kier alpha value is -7.31. The highest BCUT2D eigenvalue weighted by Crippen LogP contribution is 2.36. The summed E-state index contributed by atoms with van der Waals surface area (Å²) in [5, 5.41) is 29.7. The van der Waals surface area contributed by atoms with Gasteiger partial charge in [0, 0.05) is 87.8 Å². The largest absolute Gasteiger partial charge is 0.497 e. The number of aryl methyl sites for hydroxylation is 2. The molecule has 10 rings (SSSR count). The molecule has 77 heavy (non-hydrogen) atoms. The van der Waals surface area contributed by atoms with E-state index in [-0.39, 0.29) is 52.9 Å². The third-order valence-electron chi connectivity index (χ3n) is 14.4. The number of benzene rings is 2. The van der Waals surface area contributed by atoms with Crippen LogP contribution in [-0.4, -0.2) is 115 Å². The Morgan fingerprint density at radius 2 is 1.05 bits per heavy atom. The van der Waals surface area contributed by atoms with Crippen LogP contribution in [0.3, 0.4) is 0 Å². The Bertz CT molecular complexity index is 3330. The SMILES string of the molecule is COc1ccc([C@H](C)N2C[C@H]([C@@H](C)O)CC2=O)cc1.COc1ccc([C@H](C)N2C[C@H]([C@@H](C)Oc3nc(-c4cnn(C(C)(C)C)c4)cc4nn(C)cc34)CC2=O)cc1.Cn1cc2c(Cl)nc(-c3cnn(C(C)(C)C)c3)cc2n1. The maximum atomic E-state index is 13.0. The van der Waals surface area contributed by atoms with Crippen LogP contribution in [0, 0.1) is 11.8 Å². The van der Waals surface area contributed by atoms with Gasteiger partial charge in [-0.25, -0.2) is 9.97 Å². The third kappa shape index (κ3) is 12.8. The zero-order chi connectivity index (χ0) is 55.7. The molecule has 6 aromatic heterocycles. The van der Waals surface area contributed by atoms with Gasteiger partial charge in [0.05, 0.1) is 89.1 Å². The molecule has 19 heteroatoms. The molecule has 0 aliphatic carbocycles. The number of aliphatic hydroxyl groups excluding tert-OH is 1. The van der Waals surface area contributed by atoms with Gasteiger partial charge in [-0.05, 0) is 117 Å². The van der Waals surface area contributed by atoms with Crippen LogP contribution in [0.25, 0.3) is 44.3 Å². The normalized spacial score (nSPS) is 17.5. The zero-order valence-electron chi connectivity index (χ0n) is 46.8. The predicted octanol–water partition coefficient (Wildman–Crippen LogP) is 10.2. The van der Waals surface area contributed by atoms with E-state index in [4.69, 9.17) is 30.8 Å². The van der Waals surface area contributed by atoms with Crippen LogP contribution in [0.5, 0.6) is 17.4 Å². The molecule has 6 atom stereocenters. The summed E-state index contributed by atoms with van der Waals surface area (Å²) in [7, 11) is 7.04. The van der Waals surface area contributed by atoms with E-state index in [9.17, 15) is 14.7 Å². The van der Waals surface area contributed by atoms with E-state index in [2.05, 4.69) is 73.8 Å². The first-order chi connectivity index (χ1) is 36.4.